The van der Waals surface area contributed by atoms with Crippen LogP contribution in [0, 0.1) is 11.8 Å². The van der Waals surface area contributed by atoms with Crippen LogP contribution in [-0.4, -0.2) is 38.0 Å². The van der Waals surface area contributed by atoms with Gasteiger partial charge in [-0.2, -0.15) is 4.31 Å². The van der Waals surface area contributed by atoms with E-state index in [1.807, 2.05) is 0 Å². The van der Waals surface area contributed by atoms with E-state index in [0.717, 1.165) is 25.7 Å². The standard InChI is InChI=1S/C16H20ClNO3S/c17-13-5-7-14(8-6-13)22(19,20)18-15(11-1-2-11)9-21-10-16(18)12-3-4-12/h5-8,11-12,15-16H,1-4,9-10H2/t15-,16+. The largest absolute Gasteiger partial charge is 0.378 e. The fourth-order valence-electron chi connectivity index (χ4n) is 3.44. The molecule has 0 radical (unpaired) electrons. The minimum atomic E-state index is -3.49. The molecule has 4 nitrogen and oxygen atoms in total. The molecule has 4 rings (SSSR count). The molecule has 0 amide bonds. The molecule has 0 spiro atoms. The lowest BCUT2D eigenvalue weighted by atomic mass is 10.1. The van der Waals surface area contributed by atoms with Gasteiger partial charge in [-0.3, -0.25) is 0 Å². The van der Waals surface area contributed by atoms with Crippen LogP contribution in [0.25, 0.3) is 0 Å². The van der Waals surface area contributed by atoms with E-state index in [2.05, 4.69) is 0 Å². The Morgan fingerprint density at radius 2 is 1.45 bits per heavy atom. The van der Waals surface area contributed by atoms with Crippen LogP contribution in [0.15, 0.2) is 29.2 Å². The highest BCUT2D eigenvalue weighted by atomic mass is 35.5. The van der Waals surface area contributed by atoms with Gasteiger partial charge in [0.25, 0.3) is 0 Å². The minimum Gasteiger partial charge on any atom is -0.378 e. The van der Waals surface area contributed by atoms with E-state index in [-0.39, 0.29) is 12.1 Å². The molecule has 1 saturated heterocycles. The van der Waals surface area contributed by atoms with Gasteiger partial charge in [0, 0.05) is 5.02 Å². The van der Waals surface area contributed by atoms with Crippen molar-refractivity contribution in [1.82, 2.24) is 4.31 Å². The fraction of sp³-hybridized carbons (Fsp3) is 0.625. The molecule has 3 aliphatic rings. The van der Waals surface area contributed by atoms with Crippen LogP contribution in [0.5, 0.6) is 0 Å². The molecule has 2 atom stereocenters. The second-order valence-corrected chi connectivity index (χ2v) is 8.92. The number of ether oxygens (including phenoxy) is 1. The van der Waals surface area contributed by atoms with Crippen LogP contribution in [0.4, 0.5) is 0 Å². The van der Waals surface area contributed by atoms with Crippen molar-refractivity contribution in [2.45, 2.75) is 42.7 Å². The van der Waals surface area contributed by atoms with Crippen LogP contribution >= 0.6 is 11.6 Å². The smallest absolute Gasteiger partial charge is 0.243 e. The first-order chi connectivity index (χ1) is 10.6. The molecule has 1 aromatic rings. The molecule has 2 saturated carbocycles. The molecule has 0 aromatic heterocycles. The third-order valence-corrected chi connectivity index (χ3v) is 7.17. The van der Waals surface area contributed by atoms with Gasteiger partial charge in [0.2, 0.25) is 10.0 Å². The molecule has 0 bridgehead atoms. The summed E-state index contributed by atoms with van der Waals surface area (Å²) in [6.07, 6.45) is 4.44. The van der Waals surface area contributed by atoms with Crippen LogP contribution < -0.4 is 0 Å². The Bertz CT molecular complexity index is 632. The maximum Gasteiger partial charge on any atom is 0.243 e. The van der Waals surface area contributed by atoms with Gasteiger partial charge in [-0.1, -0.05) is 11.6 Å². The number of sulfonamides is 1. The highest BCUT2D eigenvalue weighted by molar-refractivity contribution is 7.89. The quantitative estimate of drug-likeness (QED) is 0.846. The van der Waals surface area contributed by atoms with Crippen molar-refractivity contribution >= 4 is 21.6 Å². The van der Waals surface area contributed by atoms with Gasteiger partial charge in [-0.15, -0.1) is 0 Å². The van der Waals surface area contributed by atoms with Gasteiger partial charge in [0.15, 0.2) is 0 Å². The second kappa shape index (κ2) is 5.48. The summed E-state index contributed by atoms with van der Waals surface area (Å²) in [5.41, 5.74) is 0. The van der Waals surface area contributed by atoms with E-state index in [1.165, 1.54) is 0 Å². The molecule has 120 valence electrons. The van der Waals surface area contributed by atoms with Gasteiger partial charge < -0.3 is 4.74 Å². The third kappa shape index (κ3) is 2.68. The van der Waals surface area contributed by atoms with Crippen LogP contribution in [0.2, 0.25) is 5.02 Å². The summed E-state index contributed by atoms with van der Waals surface area (Å²) >= 11 is 5.90. The van der Waals surface area contributed by atoms with Crippen molar-refractivity contribution < 1.29 is 13.2 Å². The first-order valence-electron chi connectivity index (χ1n) is 7.94. The number of nitrogens with zero attached hydrogens (tertiary/aromatic N) is 1. The first kappa shape index (κ1) is 14.9. The lowest BCUT2D eigenvalue weighted by Gasteiger charge is -2.41. The molecule has 0 unspecified atom stereocenters. The van der Waals surface area contributed by atoms with Crippen LogP contribution in [-0.2, 0) is 14.8 Å². The average molecular weight is 342 g/mol. The number of hydrogen-bond donors (Lipinski definition) is 0. The number of morpholine rings is 1. The zero-order chi connectivity index (χ0) is 15.3. The zero-order valence-corrected chi connectivity index (χ0v) is 13.9. The number of halogens is 1. The van der Waals surface area contributed by atoms with E-state index in [0.29, 0.717) is 35.0 Å². The normalized spacial score (nSPS) is 30.4. The van der Waals surface area contributed by atoms with E-state index >= 15 is 0 Å². The summed E-state index contributed by atoms with van der Waals surface area (Å²) in [6.45, 7) is 1.06. The Hall–Kier alpha value is -0.620. The molecule has 1 heterocycles. The third-order valence-electron chi connectivity index (χ3n) is 4.95. The molecule has 0 N–H and O–H groups in total. The van der Waals surface area contributed by atoms with E-state index < -0.39 is 10.0 Å². The molecular weight excluding hydrogens is 322 g/mol. The second-order valence-electron chi connectivity index (χ2n) is 6.64. The lowest BCUT2D eigenvalue weighted by Crippen LogP contribution is -2.56. The van der Waals surface area contributed by atoms with Crippen LogP contribution in [0.3, 0.4) is 0 Å². The number of hydrogen-bond acceptors (Lipinski definition) is 3. The van der Waals surface area contributed by atoms with Gasteiger partial charge in [0.05, 0.1) is 30.2 Å². The Morgan fingerprint density at radius 1 is 0.955 bits per heavy atom. The average Bonchev–Trinajstić information content (AvgIpc) is 3.40. The van der Waals surface area contributed by atoms with Gasteiger partial charge in [-0.05, 0) is 61.8 Å². The topological polar surface area (TPSA) is 46.6 Å². The highest BCUT2D eigenvalue weighted by Gasteiger charge is 2.50. The number of benzene rings is 1. The monoisotopic (exact) mass is 341 g/mol. The van der Waals surface area contributed by atoms with Crippen LogP contribution in [0.1, 0.15) is 25.7 Å². The zero-order valence-electron chi connectivity index (χ0n) is 12.3. The predicted molar refractivity (Wildman–Crippen MR) is 84.3 cm³/mol. The van der Waals surface area contributed by atoms with E-state index in [9.17, 15) is 8.42 Å². The van der Waals surface area contributed by atoms with Crippen molar-refractivity contribution in [3.05, 3.63) is 29.3 Å². The van der Waals surface area contributed by atoms with Crippen molar-refractivity contribution in [2.24, 2.45) is 11.8 Å². The summed E-state index contributed by atoms with van der Waals surface area (Å²) < 4.78 is 34.0. The summed E-state index contributed by atoms with van der Waals surface area (Å²) in [7, 11) is -3.49. The molecule has 3 fully saturated rings. The molecule has 1 aromatic carbocycles. The van der Waals surface area contributed by atoms with E-state index in [4.69, 9.17) is 16.3 Å². The Balaban J connectivity index is 1.72. The van der Waals surface area contributed by atoms with Crippen molar-refractivity contribution in [3.63, 3.8) is 0 Å². The molecule has 22 heavy (non-hydrogen) atoms. The summed E-state index contributed by atoms with van der Waals surface area (Å²) in [5.74, 6) is 0.923. The minimum absolute atomic E-state index is 0.0000260. The molecule has 2 aliphatic carbocycles. The lowest BCUT2D eigenvalue weighted by molar-refractivity contribution is -0.0202. The summed E-state index contributed by atoms with van der Waals surface area (Å²) in [4.78, 5) is 0.343. The Morgan fingerprint density at radius 3 is 1.91 bits per heavy atom. The predicted octanol–water partition coefficient (Wildman–Crippen LogP) is 2.92. The summed E-state index contributed by atoms with van der Waals surface area (Å²) in [5, 5.41) is 0.554. The molecule has 6 heteroatoms. The van der Waals surface area contributed by atoms with Gasteiger partial charge in [-0.25, -0.2) is 8.42 Å². The molecule has 1 aliphatic heterocycles. The Labute approximate surface area is 136 Å². The van der Waals surface area contributed by atoms with Crippen molar-refractivity contribution in [2.75, 3.05) is 13.2 Å². The first-order valence-corrected chi connectivity index (χ1v) is 9.76. The SMILES string of the molecule is O=S(=O)(c1ccc(Cl)cc1)N1[C@@H](C2CC2)COC[C@H]1C1CC1. The highest BCUT2D eigenvalue weighted by Crippen LogP contribution is 2.45. The van der Waals surface area contributed by atoms with E-state index in [1.54, 1.807) is 28.6 Å². The van der Waals surface area contributed by atoms with Gasteiger partial charge in [0.1, 0.15) is 0 Å². The molecular formula is C16H20ClNO3S. The van der Waals surface area contributed by atoms with Gasteiger partial charge >= 0.3 is 0 Å². The van der Waals surface area contributed by atoms with Crippen molar-refractivity contribution in [3.8, 4) is 0 Å². The number of rotatable bonds is 4. The fourth-order valence-corrected chi connectivity index (χ4v) is 5.47. The Kier molecular flexibility index (Phi) is 3.72. The van der Waals surface area contributed by atoms with Crippen molar-refractivity contribution in [1.29, 1.82) is 0 Å². The maximum absolute atomic E-state index is 13.2. The maximum atomic E-state index is 13.2. The summed E-state index contributed by atoms with van der Waals surface area (Å²) in [6, 6.07) is 6.52.